The molecule has 3 fully saturated rings. The summed E-state index contributed by atoms with van der Waals surface area (Å²) in [5.41, 5.74) is 0. The van der Waals surface area contributed by atoms with Crippen LogP contribution in [0.5, 0.6) is 0 Å². The molecule has 3 rings (SSSR count). The highest BCUT2D eigenvalue weighted by Crippen LogP contribution is 2.31. The molecule has 3 unspecified atom stereocenters. The zero-order valence-electron chi connectivity index (χ0n) is 11.7. The third-order valence-electron chi connectivity index (χ3n) is 5.10. The molecule has 19 heavy (non-hydrogen) atoms. The number of nitrogens with zero attached hydrogens (tertiary/aromatic N) is 2. The van der Waals surface area contributed by atoms with E-state index in [0.29, 0.717) is 25.0 Å². The normalized spacial score (nSPS) is 38.3. The molecule has 5 nitrogen and oxygen atoms in total. The third kappa shape index (κ3) is 2.55. The molecule has 3 heterocycles. The first-order valence-corrected chi connectivity index (χ1v) is 8.99. The van der Waals surface area contributed by atoms with E-state index in [1.54, 1.807) is 4.31 Å². The van der Waals surface area contributed by atoms with E-state index in [2.05, 4.69) is 17.3 Å². The van der Waals surface area contributed by atoms with Gasteiger partial charge in [0.15, 0.2) is 0 Å². The Balaban J connectivity index is 1.70. The van der Waals surface area contributed by atoms with Gasteiger partial charge in [-0.15, -0.1) is 0 Å². The van der Waals surface area contributed by atoms with Gasteiger partial charge >= 0.3 is 0 Å². The average molecular weight is 287 g/mol. The first kappa shape index (κ1) is 13.8. The molecule has 3 saturated heterocycles. The fraction of sp³-hybridized carbons (Fsp3) is 1.00. The summed E-state index contributed by atoms with van der Waals surface area (Å²) in [5, 5.41) is 2.98. The van der Waals surface area contributed by atoms with E-state index < -0.39 is 10.0 Å². The van der Waals surface area contributed by atoms with Crippen LogP contribution < -0.4 is 5.32 Å². The van der Waals surface area contributed by atoms with Gasteiger partial charge < -0.3 is 10.2 Å². The second-order valence-electron chi connectivity index (χ2n) is 6.26. The topological polar surface area (TPSA) is 52.7 Å². The quantitative estimate of drug-likeness (QED) is 0.782. The molecular weight excluding hydrogens is 262 g/mol. The van der Waals surface area contributed by atoms with Crippen molar-refractivity contribution in [2.45, 2.75) is 37.0 Å². The Morgan fingerprint density at radius 2 is 2.00 bits per heavy atom. The Kier molecular flexibility index (Phi) is 3.86. The maximum atomic E-state index is 12.6. The summed E-state index contributed by atoms with van der Waals surface area (Å²) in [6.45, 7) is 4.10. The van der Waals surface area contributed by atoms with Crippen LogP contribution in [0.25, 0.3) is 0 Å². The number of nitrogens with one attached hydrogen (secondary N) is 1. The van der Waals surface area contributed by atoms with Gasteiger partial charge in [-0.05, 0) is 51.7 Å². The molecule has 0 bridgehead atoms. The lowest BCUT2D eigenvalue weighted by Gasteiger charge is -2.45. The molecule has 3 atom stereocenters. The highest BCUT2D eigenvalue weighted by molar-refractivity contribution is 7.89. The van der Waals surface area contributed by atoms with Gasteiger partial charge in [0.05, 0.1) is 5.25 Å². The summed E-state index contributed by atoms with van der Waals surface area (Å²) in [6.07, 6.45) is 4.16. The van der Waals surface area contributed by atoms with E-state index in [9.17, 15) is 8.42 Å². The van der Waals surface area contributed by atoms with Gasteiger partial charge in [-0.3, -0.25) is 0 Å². The summed E-state index contributed by atoms with van der Waals surface area (Å²) in [5.74, 6) is 0.539. The van der Waals surface area contributed by atoms with Crippen LogP contribution in [0.1, 0.15) is 25.7 Å². The first-order valence-electron chi connectivity index (χ1n) is 7.49. The van der Waals surface area contributed by atoms with E-state index in [-0.39, 0.29) is 5.25 Å². The number of rotatable bonds is 2. The molecule has 110 valence electrons. The molecule has 0 amide bonds. The molecule has 0 radical (unpaired) electrons. The average Bonchev–Trinajstić information content (AvgIpc) is 2.93. The van der Waals surface area contributed by atoms with Gasteiger partial charge in [0.2, 0.25) is 10.0 Å². The van der Waals surface area contributed by atoms with Crippen molar-refractivity contribution in [2.24, 2.45) is 5.92 Å². The number of piperidine rings is 2. The van der Waals surface area contributed by atoms with Crippen LogP contribution in [0.4, 0.5) is 0 Å². The van der Waals surface area contributed by atoms with Gasteiger partial charge in [-0.1, -0.05) is 0 Å². The van der Waals surface area contributed by atoms with Gasteiger partial charge in [0.1, 0.15) is 0 Å². The fourth-order valence-electron chi connectivity index (χ4n) is 3.94. The van der Waals surface area contributed by atoms with Gasteiger partial charge in [0, 0.05) is 25.7 Å². The number of fused-ring (bicyclic) bond motifs is 1. The van der Waals surface area contributed by atoms with Gasteiger partial charge in [0.25, 0.3) is 0 Å². The minimum absolute atomic E-state index is 0.189. The highest BCUT2D eigenvalue weighted by Gasteiger charge is 2.41. The maximum absolute atomic E-state index is 12.6. The molecule has 0 aromatic heterocycles. The van der Waals surface area contributed by atoms with Crippen LogP contribution in [0.3, 0.4) is 0 Å². The van der Waals surface area contributed by atoms with Crippen molar-refractivity contribution in [1.29, 1.82) is 0 Å². The minimum atomic E-state index is -3.08. The minimum Gasteiger partial charge on any atom is -0.315 e. The Morgan fingerprint density at radius 3 is 2.74 bits per heavy atom. The van der Waals surface area contributed by atoms with E-state index in [0.717, 1.165) is 25.9 Å². The SMILES string of the molecule is CN1CCCC2CN(S(=O)(=O)C3CCNC3)CCC21. The molecule has 0 aromatic rings. The molecular formula is C13H25N3O2S. The molecule has 6 heteroatoms. The Labute approximate surface area is 116 Å². The van der Waals surface area contributed by atoms with Gasteiger partial charge in [-0.25, -0.2) is 12.7 Å². The van der Waals surface area contributed by atoms with Crippen LogP contribution >= 0.6 is 0 Å². The summed E-state index contributed by atoms with van der Waals surface area (Å²) < 4.78 is 27.0. The molecule has 3 aliphatic heterocycles. The molecule has 0 aromatic carbocycles. The number of hydrogen-bond donors (Lipinski definition) is 1. The maximum Gasteiger partial charge on any atom is 0.218 e. The molecule has 0 aliphatic carbocycles. The van der Waals surface area contributed by atoms with E-state index in [4.69, 9.17) is 0 Å². The predicted molar refractivity (Wildman–Crippen MR) is 75.5 cm³/mol. The van der Waals surface area contributed by atoms with Crippen molar-refractivity contribution in [3.63, 3.8) is 0 Å². The second kappa shape index (κ2) is 5.31. The zero-order chi connectivity index (χ0) is 13.5. The predicted octanol–water partition coefficient (Wildman–Crippen LogP) is 0.0942. The number of sulfonamides is 1. The first-order chi connectivity index (χ1) is 9.09. The van der Waals surface area contributed by atoms with Crippen molar-refractivity contribution in [3.8, 4) is 0 Å². The van der Waals surface area contributed by atoms with Crippen molar-refractivity contribution in [2.75, 3.05) is 39.8 Å². The van der Waals surface area contributed by atoms with Crippen LogP contribution in [0.15, 0.2) is 0 Å². The van der Waals surface area contributed by atoms with Crippen molar-refractivity contribution < 1.29 is 8.42 Å². The zero-order valence-corrected chi connectivity index (χ0v) is 12.5. The standard InChI is InChI=1S/C13H25N3O2S/c1-15-7-2-3-11-10-16(8-5-13(11)15)19(17,18)12-4-6-14-9-12/h11-14H,2-10H2,1H3. The molecule has 1 N–H and O–H groups in total. The highest BCUT2D eigenvalue weighted by atomic mass is 32.2. The third-order valence-corrected chi connectivity index (χ3v) is 7.40. The Hall–Kier alpha value is -0.170. The largest absolute Gasteiger partial charge is 0.315 e. The fourth-order valence-corrected chi connectivity index (χ4v) is 5.87. The lowest BCUT2D eigenvalue weighted by Crippen LogP contribution is -2.55. The monoisotopic (exact) mass is 287 g/mol. The van der Waals surface area contributed by atoms with E-state index in [1.165, 1.54) is 19.4 Å². The van der Waals surface area contributed by atoms with E-state index >= 15 is 0 Å². The Bertz CT molecular complexity index is 420. The lowest BCUT2D eigenvalue weighted by atomic mass is 9.85. The van der Waals surface area contributed by atoms with Crippen LogP contribution in [0, 0.1) is 5.92 Å². The summed E-state index contributed by atoms with van der Waals surface area (Å²) in [6, 6.07) is 0.599. The smallest absolute Gasteiger partial charge is 0.218 e. The number of hydrogen-bond acceptors (Lipinski definition) is 4. The Morgan fingerprint density at radius 1 is 1.16 bits per heavy atom. The number of likely N-dealkylation sites (tertiary alicyclic amines) is 1. The second-order valence-corrected chi connectivity index (χ2v) is 8.47. The molecule has 0 saturated carbocycles. The van der Waals surface area contributed by atoms with Crippen LogP contribution in [0.2, 0.25) is 0 Å². The summed E-state index contributed by atoms with van der Waals surface area (Å²) in [4.78, 5) is 2.43. The lowest BCUT2D eigenvalue weighted by molar-refractivity contribution is 0.0668. The molecule has 3 aliphatic rings. The molecule has 0 spiro atoms. The van der Waals surface area contributed by atoms with Crippen LogP contribution in [-0.4, -0.2) is 68.7 Å². The van der Waals surface area contributed by atoms with Gasteiger partial charge in [-0.2, -0.15) is 0 Å². The summed E-state index contributed by atoms with van der Waals surface area (Å²) >= 11 is 0. The van der Waals surface area contributed by atoms with E-state index in [1.807, 2.05) is 0 Å². The van der Waals surface area contributed by atoms with Crippen molar-refractivity contribution >= 4 is 10.0 Å². The van der Waals surface area contributed by atoms with Crippen molar-refractivity contribution in [1.82, 2.24) is 14.5 Å². The van der Waals surface area contributed by atoms with Crippen molar-refractivity contribution in [3.05, 3.63) is 0 Å². The summed E-state index contributed by atoms with van der Waals surface area (Å²) in [7, 11) is -0.895. The van der Waals surface area contributed by atoms with Crippen LogP contribution in [-0.2, 0) is 10.0 Å².